The van der Waals surface area contributed by atoms with Crippen molar-refractivity contribution in [2.45, 2.75) is 19.8 Å². The van der Waals surface area contributed by atoms with E-state index in [0.717, 1.165) is 6.42 Å². The molecule has 1 aromatic rings. The minimum atomic E-state index is -0.216. The first-order chi connectivity index (χ1) is 10.1. The Morgan fingerprint density at radius 3 is 2.90 bits per heavy atom. The zero-order valence-corrected chi connectivity index (χ0v) is 12.7. The molecule has 1 fully saturated rings. The van der Waals surface area contributed by atoms with Crippen molar-refractivity contribution in [3.8, 4) is 0 Å². The average Bonchev–Trinajstić information content (AvgIpc) is 2.99. The predicted octanol–water partition coefficient (Wildman–Crippen LogP) is 2.45. The van der Waals surface area contributed by atoms with Crippen LogP contribution in [0.2, 0.25) is 5.02 Å². The molecule has 1 saturated heterocycles. The van der Waals surface area contributed by atoms with Crippen LogP contribution in [0, 0.1) is 5.92 Å². The number of halogens is 1. The van der Waals surface area contributed by atoms with Gasteiger partial charge in [0.2, 0.25) is 5.91 Å². The van der Waals surface area contributed by atoms with Gasteiger partial charge in [-0.15, -0.1) is 0 Å². The molecular weight excluding hydrogens is 292 g/mol. The lowest BCUT2D eigenvalue weighted by atomic mass is 10.1. The van der Waals surface area contributed by atoms with Gasteiger partial charge < -0.3 is 15.4 Å². The highest BCUT2D eigenvalue weighted by Gasteiger charge is 2.24. The van der Waals surface area contributed by atoms with Crippen LogP contribution >= 0.6 is 11.6 Å². The van der Waals surface area contributed by atoms with Gasteiger partial charge in [0.05, 0.1) is 23.8 Å². The highest BCUT2D eigenvalue weighted by atomic mass is 35.5. The van der Waals surface area contributed by atoms with Gasteiger partial charge in [-0.1, -0.05) is 18.5 Å². The molecule has 1 unspecified atom stereocenters. The van der Waals surface area contributed by atoms with Crippen molar-refractivity contribution >= 4 is 29.1 Å². The molecule has 0 aliphatic carbocycles. The maximum atomic E-state index is 12.1. The maximum absolute atomic E-state index is 12.1. The predicted molar refractivity (Wildman–Crippen MR) is 81.6 cm³/mol. The molecule has 2 amide bonds. The Bertz CT molecular complexity index is 528. The first-order valence-corrected chi connectivity index (χ1v) is 7.46. The molecule has 21 heavy (non-hydrogen) atoms. The van der Waals surface area contributed by atoms with E-state index in [0.29, 0.717) is 42.5 Å². The fourth-order valence-electron chi connectivity index (χ4n) is 2.13. The first-order valence-electron chi connectivity index (χ1n) is 7.08. The summed E-state index contributed by atoms with van der Waals surface area (Å²) in [7, 11) is 0. The fourth-order valence-corrected chi connectivity index (χ4v) is 2.30. The van der Waals surface area contributed by atoms with Crippen LogP contribution in [-0.2, 0) is 9.53 Å². The summed E-state index contributed by atoms with van der Waals surface area (Å²) in [5.41, 5.74) is 0.855. The molecule has 114 valence electrons. The highest BCUT2D eigenvalue weighted by molar-refractivity contribution is 6.31. The second-order valence-electron chi connectivity index (χ2n) is 5.00. The summed E-state index contributed by atoms with van der Waals surface area (Å²) in [6.07, 6.45) is 1.55. The molecule has 1 aliphatic heterocycles. The lowest BCUT2D eigenvalue weighted by molar-refractivity contribution is -0.119. The number of amides is 2. The number of carbonyl (C=O) groups is 2. The van der Waals surface area contributed by atoms with E-state index < -0.39 is 0 Å². The minimum absolute atomic E-state index is 0.140. The smallest absolute Gasteiger partial charge is 0.253 e. The summed E-state index contributed by atoms with van der Waals surface area (Å²) in [5, 5.41) is 6.05. The summed E-state index contributed by atoms with van der Waals surface area (Å²) in [6.45, 7) is 3.58. The van der Waals surface area contributed by atoms with Crippen LogP contribution in [0.1, 0.15) is 30.1 Å². The summed E-state index contributed by atoms with van der Waals surface area (Å²) < 4.78 is 5.20. The van der Waals surface area contributed by atoms with Crippen LogP contribution in [0.15, 0.2) is 18.2 Å². The molecule has 0 saturated carbocycles. The van der Waals surface area contributed by atoms with Crippen molar-refractivity contribution < 1.29 is 14.3 Å². The monoisotopic (exact) mass is 310 g/mol. The van der Waals surface area contributed by atoms with Gasteiger partial charge in [0.1, 0.15) is 0 Å². The quantitative estimate of drug-likeness (QED) is 0.878. The van der Waals surface area contributed by atoms with E-state index in [2.05, 4.69) is 10.6 Å². The van der Waals surface area contributed by atoms with Crippen LogP contribution < -0.4 is 10.6 Å². The molecule has 0 spiro atoms. The largest absolute Gasteiger partial charge is 0.381 e. The summed E-state index contributed by atoms with van der Waals surface area (Å²) in [4.78, 5) is 24.3. The Labute approximate surface area is 129 Å². The Morgan fingerprint density at radius 1 is 1.43 bits per heavy atom. The van der Waals surface area contributed by atoms with Crippen LogP contribution in [0.4, 0.5) is 5.69 Å². The van der Waals surface area contributed by atoms with Crippen molar-refractivity contribution in [2.24, 2.45) is 5.92 Å². The molecule has 1 heterocycles. The van der Waals surface area contributed by atoms with Gasteiger partial charge in [0.15, 0.2) is 0 Å². The van der Waals surface area contributed by atoms with Gasteiger partial charge in [-0.25, -0.2) is 0 Å². The lowest BCUT2D eigenvalue weighted by Gasteiger charge is -2.14. The van der Waals surface area contributed by atoms with Gasteiger partial charge >= 0.3 is 0 Å². The van der Waals surface area contributed by atoms with E-state index in [1.807, 2.05) is 6.92 Å². The molecule has 6 heteroatoms. The highest BCUT2D eigenvalue weighted by Crippen LogP contribution is 2.23. The Morgan fingerprint density at radius 2 is 2.24 bits per heavy atom. The Balaban J connectivity index is 2.14. The van der Waals surface area contributed by atoms with E-state index in [-0.39, 0.29) is 17.7 Å². The molecule has 5 nitrogen and oxygen atoms in total. The molecule has 1 atom stereocenters. The molecule has 0 bridgehead atoms. The summed E-state index contributed by atoms with van der Waals surface area (Å²) >= 11 is 5.96. The zero-order chi connectivity index (χ0) is 15.2. The van der Waals surface area contributed by atoms with Crippen molar-refractivity contribution in [3.05, 3.63) is 28.8 Å². The van der Waals surface area contributed by atoms with Gasteiger partial charge in [-0.2, -0.15) is 0 Å². The number of hydrogen-bond acceptors (Lipinski definition) is 3. The van der Waals surface area contributed by atoms with Crippen LogP contribution in [-0.4, -0.2) is 31.6 Å². The minimum Gasteiger partial charge on any atom is -0.381 e. The van der Waals surface area contributed by atoms with Gasteiger partial charge in [-0.3, -0.25) is 9.59 Å². The maximum Gasteiger partial charge on any atom is 0.253 e. The molecule has 1 aromatic carbocycles. The molecule has 2 rings (SSSR count). The van der Waals surface area contributed by atoms with E-state index >= 15 is 0 Å². The van der Waals surface area contributed by atoms with Crippen LogP contribution in [0.3, 0.4) is 0 Å². The lowest BCUT2D eigenvalue weighted by Crippen LogP contribution is -2.28. The van der Waals surface area contributed by atoms with E-state index in [9.17, 15) is 9.59 Å². The number of hydrogen-bond donors (Lipinski definition) is 2. The standard InChI is InChI=1S/C15H19ClN2O3/c1-2-6-17-15(20)12-4-3-11(16)8-13(12)18-14(19)10-5-7-21-9-10/h3-4,8,10H,2,5-7,9H2,1H3,(H,17,20)(H,18,19). The van der Waals surface area contributed by atoms with Crippen molar-refractivity contribution in [2.75, 3.05) is 25.1 Å². The number of anilines is 1. The van der Waals surface area contributed by atoms with Crippen LogP contribution in [0.25, 0.3) is 0 Å². The molecule has 1 aliphatic rings. The van der Waals surface area contributed by atoms with E-state index in [4.69, 9.17) is 16.3 Å². The van der Waals surface area contributed by atoms with Gasteiger partial charge in [-0.05, 0) is 31.0 Å². The Kier molecular flexibility index (Phi) is 5.59. The topological polar surface area (TPSA) is 67.4 Å². The first kappa shape index (κ1) is 15.8. The van der Waals surface area contributed by atoms with E-state index in [1.54, 1.807) is 18.2 Å². The normalized spacial score (nSPS) is 17.5. The number of benzene rings is 1. The second-order valence-corrected chi connectivity index (χ2v) is 5.43. The third kappa shape index (κ3) is 4.19. The average molecular weight is 311 g/mol. The number of rotatable bonds is 5. The molecule has 2 N–H and O–H groups in total. The Hall–Kier alpha value is -1.59. The molecule has 0 aromatic heterocycles. The third-order valence-corrected chi connectivity index (χ3v) is 3.56. The summed E-state index contributed by atoms with van der Waals surface area (Å²) in [6, 6.07) is 4.85. The molecule has 0 radical (unpaired) electrons. The van der Waals surface area contributed by atoms with Crippen LogP contribution in [0.5, 0.6) is 0 Å². The second kappa shape index (κ2) is 7.43. The number of carbonyl (C=O) groups excluding carboxylic acids is 2. The fraction of sp³-hybridized carbons (Fsp3) is 0.467. The van der Waals surface area contributed by atoms with Gasteiger partial charge in [0.25, 0.3) is 5.91 Å². The van der Waals surface area contributed by atoms with Crippen molar-refractivity contribution in [3.63, 3.8) is 0 Å². The van der Waals surface area contributed by atoms with Crippen molar-refractivity contribution in [1.29, 1.82) is 0 Å². The molecular formula is C15H19ClN2O3. The summed E-state index contributed by atoms with van der Waals surface area (Å²) in [5.74, 6) is -0.527. The van der Waals surface area contributed by atoms with E-state index in [1.165, 1.54) is 0 Å². The van der Waals surface area contributed by atoms with Gasteiger partial charge in [0, 0.05) is 18.2 Å². The third-order valence-electron chi connectivity index (χ3n) is 3.32. The number of ether oxygens (including phenoxy) is 1. The number of nitrogens with one attached hydrogen (secondary N) is 2. The zero-order valence-electron chi connectivity index (χ0n) is 11.9. The van der Waals surface area contributed by atoms with Crippen molar-refractivity contribution in [1.82, 2.24) is 5.32 Å². The SMILES string of the molecule is CCCNC(=O)c1ccc(Cl)cc1NC(=O)C1CCOC1.